The summed E-state index contributed by atoms with van der Waals surface area (Å²) in [6.07, 6.45) is 3.36. The Morgan fingerprint density at radius 1 is 0.667 bits per heavy atom. The van der Waals surface area contributed by atoms with Crippen LogP contribution in [0.3, 0.4) is 0 Å². The summed E-state index contributed by atoms with van der Waals surface area (Å²) in [4.78, 5) is 8.98. The molecule has 0 spiro atoms. The molecule has 0 aliphatic heterocycles. The van der Waals surface area contributed by atoms with Gasteiger partial charge >= 0.3 is 0 Å². The van der Waals surface area contributed by atoms with Gasteiger partial charge in [0.25, 0.3) is 0 Å². The normalized spacial score (nSPS) is 11.5. The highest BCUT2D eigenvalue weighted by Crippen LogP contribution is 2.31. The van der Waals surface area contributed by atoms with E-state index in [0.29, 0.717) is 37.8 Å². The number of pyridine rings is 2. The third-order valence-corrected chi connectivity index (χ3v) is 10.0. The summed E-state index contributed by atoms with van der Waals surface area (Å²) in [6.45, 7) is 8.56. The Labute approximate surface area is 293 Å². The van der Waals surface area contributed by atoms with Crippen molar-refractivity contribution in [2.24, 2.45) is 0 Å². The summed E-state index contributed by atoms with van der Waals surface area (Å²) < 4.78 is 55.7. The van der Waals surface area contributed by atoms with Gasteiger partial charge in [-0.05, 0) is 80.0 Å². The highest BCUT2D eigenvalue weighted by molar-refractivity contribution is 9.08. The fraction of sp³-hybridized carbons (Fsp3) is 0.389. The van der Waals surface area contributed by atoms with Crippen LogP contribution in [0.4, 0.5) is 0 Å². The molecule has 1 N–H and O–H groups in total. The number of benzene rings is 2. The maximum atomic E-state index is 11.1. The van der Waals surface area contributed by atoms with Crippen molar-refractivity contribution in [3.05, 3.63) is 94.3 Å². The number of rotatable bonds is 14. The number of nitrogens with zero attached hydrogens (tertiary/aromatic N) is 2. The maximum absolute atomic E-state index is 11.1. The first-order valence-corrected chi connectivity index (χ1v) is 20.8. The lowest BCUT2D eigenvalue weighted by molar-refractivity contribution is 0.282. The number of aromatic nitrogens is 2. The first-order valence-electron chi connectivity index (χ1n) is 15.5. The van der Waals surface area contributed by atoms with E-state index in [2.05, 4.69) is 44.1 Å². The maximum Gasteiger partial charge on any atom is 0.213 e. The first-order chi connectivity index (χ1) is 22.6. The summed E-state index contributed by atoms with van der Waals surface area (Å²) in [5.74, 6) is 1.28. The fourth-order valence-corrected chi connectivity index (χ4v) is 6.88. The molecule has 260 valence electrons. The van der Waals surface area contributed by atoms with Crippen molar-refractivity contribution in [1.29, 1.82) is 0 Å². The standard InChI is InChI=1S/C18H22BrNO3S.C18H23NO4S/c1-13-10-17(23-8-5-9-24(3,21)22)20-14(2)18(13)16-7-4-6-15(11-16)12-19;1-13-10-17(23-8-5-9-24(3,21)22)19-14(2)18(13)16-7-4-6-15(11-16)12-20/h4,6-7,10-11H,5,8-9,12H2,1-3H3;4,6-7,10-11,20H,5,8-9,12H2,1-3H3. The van der Waals surface area contributed by atoms with Gasteiger partial charge in [0.1, 0.15) is 19.7 Å². The summed E-state index contributed by atoms with van der Waals surface area (Å²) in [6, 6.07) is 19.8. The molecule has 0 saturated carbocycles. The highest BCUT2D eigenvalue weighted by atomic mass is 79.9. The van der Waals surface area contributed by atoms with Gasteiger partial charge in [0.15, 0.2) is 0 Å². The van der Waals surface area contributed by atoms with Gasteiger partial charge < -0.3 is 14.6 Å². The van der Waals surface area contributed by atoms with Crippen LogP contribution in [0.15, 0.2) is 60.7 Å². The van der Waals surface area contributed by atoms with Gasteiger partial charge in [0, 0.05) is 52.5 Å². The van der Waals surface area contributed by atoms with Gasteiger partial charge in [-0.2, -0.15) is 0 Å². The van der Waals surface area contributed by atoms with Crippen LogP contribution >= 0.6 is 15.9 Å². The van der Waals surface area contributed by atoms with Crippen molar-refractivity contribution >= 4 is 35.6 Å². The van der Waals surface area contributed by atoms with Gasteiger partial charge in [-0.15, -0.1) is 0 Å². The Morgan fingerprint density at radius 2 is 1.08 bits per heavy atom. The van der Waals surface area contributed by atoms with Crippen molar-refractivity contribution in [1.82, 2.24) is 9.97 Å². The second-order valence-corrected chi connectivity index (χ2v) is 16.9. The Kier molecular flexibility index (Phi) is 14.6. The van der Waals surface area contributed by atoms with Crippen LogP contribution in [-0.2, 0) is 31.6 Å². The Bertz CT molecular complexity index is 1730. The largest absolute Gasteiger partial charge is 0.478 e. The number of hydrogen-bond acceptors (Lipinski definition) is 9. The molecule has 0 fully saturated rings. The zero-order valence-electron chi connectivity index (χ0n) is 28.4. The van der Waals surface area contributed by atoms with E-state index in [-0.39, 0.29) is 18.1 Å². The monoisotopic (exact) mass is 760 g/mol. The molecule has 12 heteroatoms. The van der Waals surface area contributed by atoms with Crippen molar-refractivity contribution in [2.45, 2.75) is 52.5 Å². The number of aryl methyl sites for hydroxylation is 4. The molecule has 0 saturated heterocycles. The quantitative estimate of drug-likeness (QED) is 0.110. The molecule has 4 rings (SSSR count). The van der Waals surface area contributed by atoms with E-state index in [9.17, 15) is 21.9 Å². The van der Waals surface area contributed by atoms with Crippen LogP contribution in [0.5, 0.6) is 11.8 Å². The average molecular weight is 762 g/mol. The van der Waals surface area contributed by atoms with E-state index in [1.165, 1.54) is 18.1 Å². The van der Waals surface area contributed by atoms with Gasteiger partial charge in [-0.25, -0.2) is 26.8 Å². The number of sulfone groups is 2. The molecule has 0 amide bonds. The number of ether oxygens (including phenoxy) is 2. The molecule has 2 aromatic heterocycles. The molecule has 0 radical (unpaired) electrons. The molecule has 4 aromatic rings. The zero-order valence-corrected chi connectivity index (χ0v) is 31.6. The SMILES string of the molecule is Cc1cc(OCCCS(C)(=O)=O)nc(C)c1-c1cccc(CBr)c1.Cc1cc(OCCCS(C)(=O)=O)nc(C)c1-c1cccc(CO)c1. The fourth-order valence-electron chi connectivity index (χ4n) is 5.24. The number of hydrogen-bond donors (Lipinski definition) is 1. The van der Waals surface area contributed by atoms with Crippen molar-refractivity contribution in [3.63, 3.8) is 0 Å². The summed E-state index contributed by atoms with van der Waals surface area (Å²) >= 11 is 3.48. The third kappa shape index (κ3) is 12.6. The van der Waals surface area contributed by atoms with Crippen LogP contribution in [0, 0.1) is 27.7 Å². The Hall–Kier alpha value is -3.32. The van der Waals surface area contributed by atoms with Gasteiger partial charge in [0.05, 0.1) is 31.3 Å². The van der Waals surface area contributed by atoms with Crippen molar-refractivity contribution in [2.75, 3.05) is 37.2 Å². The van der Waals surface area contributed by atoms with Gasteiger partial charge in [-0.1, -0.05) is 58.4 Å². The number of alkyl halides is 1. The molecule has 2 heterocycles. The van der Waals surface area contributed by atoms with Crippen molar-refractivity contribution < 1.29 is 31.4 Å². The molecule has 0 aliphatic carbocycles. The summed E-state index contributed by atoms with van der Waals surface area (Å²) in [5.41, 5.74) is 10.2. The predicted octanol–water partition coefficient (Wildman–Crippen LogP) is 6.75. The number of halogens is 1. The van der Waals surface area contributed by atoms with E-state index in [0.717, 1.165) is 55.7 Å². The molecular weight excluding hydrogens is 716 g/mol. The first kappa shape index (κ1) is 39.1. The molecule has 0 aliphatic rings. The highest BCUT2D eigenvalue weighted by Gasteiger charge is 2.13. The van der Waals surface area contributed by atoms with E-state index < -0.39 is 19.7 Å². The number of aliphatic hydroxyl groups excluding tert-OH is 1. The predicted molar refractivity (Wildman–Crippen MR) is 196 cm³/mol. The second kappa shape index (κ2) is 17.9. The van der Waals surface area contributed by atoms with Crippen LogP contribution in [-0.4, -0.2) is 69.1 Å². The van der Waals surface area contributed by atoms with Crippen molar-refractivity contribution in [3.8, 4) is 34.0 Å². The number of aliphatic hydroxyl groups is 1. The molecule has 9 nitrogen and oxygen atoms in total. The molecule has 2 aromatic carbocycles. The van der Waals surface area contributed by atoms with E-state index in [1.54, 1.807) is 0 Å². The Balaban J connectivity index is 0.000000260. The summed E-state index contributed by atoms with van der Waals surface area (Å²) in [5, 5.41) is 10.1. The summed E-state index contributed by atoms with van der Waals surface area (Å²) in [7, 11) is -5.91. The topological polar surface area (TPSA) is 133 Å². The van der Waals surface area contributed by atoms with E-state index in [4.69, 9.17) is 9.47 Å². The molecule has 0 unspecified atom stereocenters. The lowest BCUT2D eigenvalue weighted by Gasteiger charge is -2.13. The van der Waals surface area contributed by atoms with Crippen LogP contribution in [0.1, 0.15) is 46.5 Å². The minimum Gasteiger partial charge on any atom is -0.478 e. The van der Waals surface area contributed by atoms with E-state index in [1.807, 2.05) is 70.2 Å². The lowest BCUT2D eigenvalue weighted by atomic mass is 9.98. The second-order valence-electron chi connectivity index (χ2n) is 11.8. The van der Waals surface area contributed by atoms with Gasteiger partial charge in [-0.3, -0.25) is 0 Å². The minimum absolute atomic E-state index is 0.000888. The molecule has 0 bridgehead atoms. The molecule has 0 atom stereocenters. The van der Waals surface area contributed by atoms with Gasteiger partial charge in [0.2, 0.25) is 11.8 Å². The third-order valence-electron chi connectivity index (χ3n) is 7.34. The van der Waals surface area contributed by atoms with Crippen LogP contribution in [0.2, 0.25) is 0 Å². The molecular formula is C36H45BrN2O7S2. The Morgan fingerprint density at radius 3 is 1.46 bits per heavy atom. The van der Waals surface area contributed by atoms with Crippen LogP contribution in [0.25, 0.3) is 22.3 Å². The minimum atomic E-state index is -2.97. The van der Waals surface area contributed by atoms with E-state index >= 15 is 0 Å². The zero-order chi connectivity index (χ0) is 35.5. The smallest absolute Gasteiger partial charge is 0.213 e. The lowest BCUT2D eigenvalue weighted by Crippen LogP contribution is -2.09. The molecule has 48 heavy (non-hydrogen) atoms. The average Bonchev–Trinajstić information content (AvgIpc) is 3.00. The van der Waals surface area contributed by atoms with Crippen LogP contribution < -0.4 is 9.47 Å².